The molecule has 1 amide bonds. The van der Waals surface area contributed by atoms with Gasteiger partial charge in [0.2, 0.25) is 5.91 Å². The lowest BCUT2D eigenvalue weighted by atomic mass is 9.73. The van der Waals surface area contributed by atoms with E-state index in [9.17, 15) is 9.59 Å². The molecule has 0 spiro atoms. The summed E-state index contributed by atoms with van der Waals surface area (Å²) in [4.78, 5) is 28.9. The highest BCUT2D eigenvalue weighted by molar-refractivity contribution is 6.06. The molecule has 0 saturated heterocycles. The molecule has 0 saturated carbocycles. The Kier molecular flexibility index (Phi) is 6.69. The van der Waals surface area contributed by atoms with E-state index in [4.69, 9.17) is 9.47 Å². The van der Waals surface area contributed by atoms with Crippen LogP contribution in [0.3, 0.4) is 0 Å². The van der Waals surface area contributed by atoms with Crippen molar-refractivity contribution in [3.05, 3.63) is 59.3 Å². The zero-order chi connectivity index (χ0) is 24.5. The van der Waals surface area contributed by atoms with Crippen molar-refractivity contribution in [1.82, 2.24) is 0 Å². The molecule has 4 rings (SSSR count). The number of anilines is 2. The van der Waals surface area contributed by atoms with Gasteiger partial charge in [-0.15, -0.1) is 0 Å². The number of ketones is 1. The van der Waals surface area contributed by atoms with E-state index in [0.29, 0.717) is 36.5 Å². The highest BCUT2D eigenvalue weighted by Gasteiger charge is 2.43. The molecule has 0 aromatic heterocycles. The molecule has 0 radical (unpaired) electrons. The van der Waals surface area contributed by atoms with Crippen LogP contribution >= 0.6 is 0 Å². The number of carbonyl (C=O) groups excluding carboxylic acids is 2. The number of hydrogen-bond donors (Lipinski definition) is 1. The summed E-state index contributed by atoms with van der Waals surface area (Å²) in [7, 11) is 1.61. The Bertz CT molecular complexity index is 1130. The lowest BCUT2D eigenvalue weighted by molar-refractivity contribution is -0.119. The fourth-order valence-electron chi connectivity index (χ4n) is 4.93. The SMILES string of the molecule is CCCOc1ccc([C@@H]2C3=C(CC(C)(C)CC3=O)Nc3ccccc3N2C(=O)CC)cc1OC. The van der Waals surface area contributed by atoms with Gasteiger partial charge in [-0.05, 0) is 48.1 Å². The first-order valence-corrected chi connectivity index (χ1v) is 12.0. The van der Waals surface area contributed by atoms with Crippen molar-refractivity contribution in [2.24, 2.45) is 5.41 Å². The van der Waals surface area contributed by atoms with Crippen LogP contribution < -0.4 is 19.7 Å². The maximum atomic E-state index is 13.7. The van der Waals surface area contributed by atoms with Gasteiger partial charge in [0.05, 0.1) is 31.1 Å². The fourth-order valence-corrected chi connectivity index (χ4v) is 4.93. The zero-order valence-corrected chi connectivity index (χ0v) is 20.7. The van der Waals surface area contributed by atoms with Crippen LogP contribution in [0, 0.1) is 5.41 Å². The number of benzene rings is 2. The van der Waals surface area contributed by atoms with Gasteiger partial charge >= 0.3 is 0 Å². The molecule has 1 aliphatic carbocycles. The number of carbonyl (C=O) groups is 2. The quantitative estimate of drug-likeness (QED) is 0.567. The Hall–Kier alpha value is -3.28. The van der Waals surface area contributed by atoms with Crippen molar-refractivity contribution >= 4 is 23.1 Å². The maximum Gasteiger partial charge on any atom is 0.227 e. The Labute approximate surface area is 201 Å². The molecule has 0 fully saturated rings. The zero-order valence-electron chi connectivity index (χ0n) is 20.7. The molecular formula is C28H34N2O4. The fraction of sp³-hybridized carbons (Fsp3) is 0.429. The number of hydrogen-bond acceptors (Lipinski definition) is 5. The maximum absolute atomic E-state index is 13.7. The molecule has 6 nitrogen and oxygen atoms in total. The molecule has 2 aromatic rings. The number of amides is 1. The summed E-state index contributed by atoms with van der Waals surface area (Å²) in [5, 5.41) is 3.53. The van der Waals surface area contributed by atoms with Crippen LogP contribution in [-0.2, 0) is 9.59 Å². The summed E-state index contributed by atoms with van der Waals surface area (Å²) in [6.45, 7) is 8.71. The van der Waals surface area contributed by atoms with Gasteiger partial charge in [0.25, 0.3) is 0 Å². The minimum atomic E-state index is -0.559. The van der Waals surface area contributed by atoms with E-state index in [2.05, 4.69) is 26.1 Å². The molecule has 1 heterocycles. The average molecular weight is 463 g/mol. The van der Waals surface area contributed by atoms with Gasteiger partial charge in [-0.3, -0.25) is 14.5 Å². The van der Waals surface area contributed by atoms with Crippen molar-refractivity contribution in [2.45, 2.75) is 59.4 Å². The summed E-state index contributed by atoms with van der Waals surface area (Å²) in [6, 6.07) is 12.9. The van der Waals surface area contributed by atoms with Crippen LogP contribution in [0.2, 0.25) is 0 Å². The number of nitrogens with one attached hydrogen (secondary N) is 1. The number of rotatable bonds is 6. The molecule has 1 N–H and O–H groups in total. The number of ether oxygens (including phenoxy) is 2. The normalized spacial score (nSPS) is 19.0. The van der Waals surface area contributed by atoms with Crippen molar-refractivity contribution in [2.75, 3.05) is 23.9 Å². The van der Waals surface area contributed by atoms with E-state index in [-0.39, 0.29) is 17.1 Å². The third-order valence-electron chi connectivity index (χ3n) is 6.44. The van der Waals surface area contributed by atoms with Crippen LogP contribution in [0.4, 0.5) is 11.4 Å². The van der Waals surface area contributed by atoms with Crippen LogP contribution in [0.25, 0.3) is 0 Å². The number of methoxy groups -OCH3 is 1. The van der Waals surface area contributed by atoms with Crippen LogP contribution in [0.5, 0.6) is 11.5 Å². The van der Waals surface area contributed by atoms with E-state index in [1.165, 1.54) is 0 Å². The first-order chi connectivity index (χ1) is 16.3. The second kappa shape index (κ2) is 9.53. The largest absolute Gasteiger partial charge is 0.493 e. The Morgan fingerprint density at radius 2 is 1.88 bits per heavy atom. The molecule has 2 aliphatic rings. The smallest absolute Gasteiger partial charge is 0.227 e. The average Bonchev–Trinajstić information content (AvgIpc) is 2.95. The molecule has 180 valence electrons. The van der Waals surface area contributed by atoms with E-state index < -0.39 is 6.04 Å². The predicted octanol–water partition coefficient (Wildman–Crippen LogP) is 6.04. The van der Waals surface area contributed by atoms with Crippen molar-refractivity contribution in [3.8, 4) is 11.5 Å². The highest BCUT2D eigenvalue weighted by atomic mass is 16.5. The second-order valence-corrected chi connectivity index (χ2v) is 9.75. The first-order valence-electron chi connectivity index (χ1n) is 12.0. The van der Waals surface area contributed by atoms with Gasteiger partial charge in [-0.2, -0.15) is 0 Å². The monoisotopic (exact) mass is 462 g/mol. The van der Waals surface area contributed by atoms with Crippen LogP contribution in [0.15, 0.2) is 53.7 Å². The van der Waals surface area contributed by atoms with Crippen LogP contribution in [-0.4, -0.2) is 25.4 Å². The van der Waals surface area contributed by atoms with E-state index in [0.717, 1.165) is 35.5 Å². The minimum Gasteiger partial charge on any atom is -0.493 e. The van der Waals surface area contributed by atoms with Crippen molar-refractivity contribution in [3.63, 3.8) is 0 Å². The minimum absolute atomic E-state index is 0.0455. The second-order valence-electron chi connectivity index (χ2n) is 9.75. The van der Waals surface area contributed by atoms with E-state index >= 15 is 0 Å². The summed E-state index contributed by atoms with van der Waals surface area (Å²) in [6.07, 6.45) is 2.36. The lowest BCUT2D eigenvalue weighted by Gasteiger charge is -2.37. The highest BCUT2D eigenvalue weighted by Crippen LogP contribution is 2.49. The molecule has 6 heteroatoms. The summed E-state index contributed by atoms with van der Waals surface area (Å²) in [5.74, 6) is 1.26. The van der Waals surface area contributed by atoms with Gasteiger partial charge in [0.15, 0.2) is 17.3 Å². The molecule has 2 aromatic carbocycles. The Morgan fingerprint density at radius 3 is 2.59 bits per heavy atom. The molecule has 1 atom stereocenters. The Morgan fingerprint density at radius 1 is 1.12 bits per heavy atom. The lowest BCUT2D eigenvalue weighted by Crippen LogP contribution is -2.39. The van der Waals surface area contributed by atoms with Crippen LogP contribution in [0.1, 0.15) is 65.0 Å². The topological polar surface area (TPSA) is 67.9 Å². The van der Waals surface area contributed by atoms with Gasteiger partial charge in [-0.1, -0.05) is 45.9 Å². The predicted molar refractivity (Wildman–Crippen MR) is 134 cm³/mol. The van der Waals surface area contributed by atoms with Crippen molar-refractivity contribution < 1.29 is 19.1 Å². The number of fused-ring (bicyclic) bond motifs is 1. The number of para-hydroxylation sites is 2. The molecule has 0 bridgehead atoms. The summed E-state index contributed by atoms with van der Waals surface area (Å²) >= 11 is 0. The van der Waals surface area contributed by atoms with Gasteiger partial charge < -0.3 is 14.8 Å². The molecule has 34 heavy (non-hydrogen) atoms. The summed E-state index contributed by atoms with van der Waals surface area (Å²) < 4.78 is 11.5. The van der Waals surface area contributed by atoms with Gasteiger partial charge in [-0.25, -0.2) is 0 Å². The standard InChI is InChI=1S/C28H34N2O4/c1-6-14-34-23-13-12-18(15-24(23)33-5)27-26-20(16-28(3,4)17-22(26)31)29-19-10-8-9-11-21(19)30(27)25(32)7-2/h8-13,15,27,29H,6-7,14,16-17H2,1-5H3/t27-/m1/s1. The molecule has 0 unspecified atom stereocenters. The van der Waals surface area contributed by atoms with Crippen molar-refractivity contribution in [1.29, 1.82) is 0 Å². The molecular weight excluding hydrogens is 428 g/mol. The van der Waals surface area contributed by atoms with E-state index in [1.54, 1.807) is 12.0 Å². The van der Waals surface area contributed by atoms with Gasteiger partial charge in [0, 0.05) is 24.1 Å². The number of nitrogens with zero attached hydrogens (tertiary/aromatic N) is 1. The number of allylic oxidation sites excluding steroid dienone is 1. The summed E-state index contributed by atoms with van der Waals surface area (Å²) in [5.41, 5.74) is 3.80. The third kappa shape index (κ3) is 4.41. The Balaban J connectivity index is 1.96. The molecule has 1 aliphatic heterocycles. The first kappa shape index (κ1) is 23.9. The van der Waals surface area contributed by atoms with E-state index in [1.807, 2.05) is 49.4 Å². The van der Waals surface area contributed by atoms with Gasteiger partial charge in [0.1, 0.15) is 0 Å². The third-order valence-corrected chi connectivity index (χ3v) is 6.44. The number of Topliss-reactive ketones (excluding diaryl/α,β-unsaturated/α-hetero) is 1.